The molecule has 0 unspecified atom stereocenters. The van der Waals surface area contributed by atoms with E-state index in [1.165, 1.54) is 0 Å². The quantitative estimate of drug-likeness (QED) is 0.679. The first-order chi connectivity index (χ1) is 7.59. The average Bonchev–Trinajstić information content (AvgIpc) is 2.15. The second-order valence-electron chi connectivity index (χ2n) is 4.44. The monoisotopic (exact) mass is 248 g/mol. The van der Waals surface area contributed by atoms with E-state index in [0.717, 1.165) is 39.0 Å². The average molecular weight is 248 g/mol. The van der Waals surface area contributed by atoms with Crippen molar-refractivity contribution in [1.82, 2.24) is 10.2 Å². The number of rotatable bonds is 8. The number of hydrogen-bond donors (Lipinski definition) is 1. The first-order valence-electron chi connectivity index (χ1n) is 6.24. The van der Waals surface area contributed by atoms with Crippen molar-refractivity contribution in [1.29, 1.82) is 0 Å². The van der Waals surface area contributed by atoms with Gasteiger partial charge in [-0.1, -0.05) is 13.8 Å². The Hall–Kier alpha value is -0.130. The number of nitrogens with one attached hydrogen (secondary N) is 1. The minimum absolute atomic E-state index is 0.270. The molecule has 1 rings (SSSR count). The highest BCUT2D eigenvalue weighted by molar-refractivity contribution is 7.91. The molecule has 1 N–H and O–H groups in total. The van der Waals surface area contributed by atoms with Gasteiger partial charge in [-0.3, -0.25) is 4.90 Å². The molecule has 0 aromatic rings. The number of hydrogen-bond acceptors (Lipinski definition) is 4. The van der Waals surface area contributed by atoms with Crippen LogP contribution in [-0.4, -0.2) is 57.0 Å². The maximum absolute atomic E-state index is 11.4. The van der Waals surface area contributed by atoms with E-state index in [-0.39, 0.29) is 5.75 Å². The standard InChI is InChI=1S/C11H24N2O2S/c1-3-6-13(11-9-12-10-11)7-5-8-16(14,15)4-2/h11-12H,3-10H2,1-2H3. The Bertz CT molecular complexity index is 286. The molecule has 0 aliphatic carbocycles. The molecule has 0 saturated carbocycles. The molecular formula is C11H24N2O2S. The minimum Gasteiger partial charge on any atom is -0.314 e. The zero-order chi connectivity index (χ0) is 12.0. The van der Waals surface area contributed by atoms with Gasteiger partial charge in [0.15, 0.2) is 0 Å². The van der Waals surface area contributed by atoms with Crippen molar-refractivity contribution in [3.63, 3.8) is 0 Å². The van der Waals surface area contributed by atoms with E-state index in [0.29, 0.717) is 11.8 Å². The smallest absolute Gasteiger partial charge is 0.150 e. The fraction of sp³-hybridized carbons (Fsp3) is 1.00. The van der Waals surface area contributed by atoms with Crippen molar-refractivity contribution in [2.24, 2.45) is 0 Å². The van der Waals surface area contributed by atoms with Gasteiger partial charge in [-0.05, 0) is 25.9 Å². The summed E-state index contributed by atoms with van der Waals surface area (Å²) in [6.45, 7) is 8.00. The van der Waals surface area contributed by atoms with Gasteiger partial charge in [0.05, 0.1) is 5.75 Å². The van der Waals surface area contributed by atoms with Gasteiger partial charge < -0.3 is 5.32 Å². The van der Waals surface area contributed by atoms with Crippen LogP contribution in [0.5, 0.6) is 0 Å². The SMILES string of the molecule is CCCN(CCCS(=O)(=O)CC)C1CNC1. The number of nitrogens with zero attached hydrogens (tertiary/aromatic N) is 1. The lowest BCUT2D eigenvalue weighted by molar-refractivity contribution is 0.146. The first kappa shape index (κ1) is 13.9. The van der Waals surface area contributed by atoms with E-state index in [4.69, 9.17) is 0 Å². The molecule has 16 heavy (non-hydrogen) atoms. The highest BCUT2D eigenvalue weighted by Crippen LogP contribution is 2.07. The summed E-state index contributed by atoms with van der Waals surface area (Å²) in [5, 5.41) is 3.26. The molecular weight excluding hydrogens is 224 g/mol. The molecule has 0 atom stereocenters. The van der Waals surface area contributed by atoms with E-state index in [2.05, 4.69) is 17.1 Å². The van der Waals surface area contributed by atoms with Crippen LogP contribution in [0.1, 0.15) is 26.7 Å². The lowest BCUT2D eigenvalue weighted by Gasteiger charge is -2.38. The van der Waals surface area contributed by atoms with Crippen molar-refractivity contribution < 1.29 is 8.42 Å². The molecule has 0 aromatic heterocycles. The van der Waals surface area contributed by atoms with Crippen LogP contribution in [0.3, 0.4) is 0 Å². The van der Waals surface area contributed by atoms with Crippen LogP contribution in [0.4, 0.5) is 0 Å². The Kier molecular flexibility index (Phi) is 5.72. The second kappa shape index (κ2) is 6.57. The highest BCUT2D eigenvalue weighted by Gasteiger charge is 2.23. The summed E-state index contributed by atoms with van der Waals surface area (Å²) in [5.74, 6) is 0.607. The maximum atomic E-state index is 11.4. The summed E-state index contributed by atoms with van der Waals surface area (Å²) in [6.07, 6.45) is 1.91. The summed E-state index contributed by atoms with van der Waals surface area (Å²) in [5.41, 5.74) is 0. The van der Waals surface area contributed by atoms with E-state index in [1.807, 2.05) is 0 Å². The van der Waals surface area contributed by atoms with E-state index in [9.17, 15) is 8.42 Å². The van der Waals surface area contributed by atoms with Crippen LogP contribution in [0.15, 0.2) is 0 Å². The van der Waals surface area contributed by atoms with Gasteiger partial charge in [0.25, 0.3) is 0 Å². The fourth-order valence-corrected chi connectivity index (χ4v) is 2.79. The molecule has 1 aliphatic heterocycles. The minimum atomic E-state index is -2.79. The van der Waals surface area contributed by atoms with Crippen molar-refractivity contribution >= 4 is 9.84 Å². The Morgan fingerprint density at radius 3 is 2.38 bits per heavy atom. The predicted octanol–water partition coefficient (Wildman–Crippen LogP) is 0.495. The molecule has 0 aromatic carbocycles. The van der Waals surface area contributed by atoms with Gasteiger partial charge in [0, 0.05) is 24.9 Å². The lowest BCUT2D eigenvalue weighted by Crippen LogP contribution is -2.57. The van der Waals surface area contributed by atoms with Gasteiger partial charge >= 0.3 is 0 Å². The normalized spacial score (nSPS) is 17.7. The van der Waals surface area contributed by atoms with E-state index < -0.39 is 9.84 Å². The van der Waals surface area contributed by atoms with E-state index >= 15 is 0 Å². The summed E-state index contributed by atoms with van der Waals surface area (Å²) in [4.78, 5) is 2.42. The third-order valence-corrected chi connectivity index (χ3v) is 4.92. The molecule has 1 saturated heterocycles. The summed E-state index contributed by atoms with van der Waals surface area (Å²) < 4.78 is 22.7. The molecule has 4 nitrogen and oxygen atoms in total. The van der Waals surface area contributed by atoms with Crippen molar-refractivity contribution in [2.45, 2.75) is 32.7 Å². The largest absolute Gasteiger partial charge is 0.314 e. The van der Waals surface area contributed by atoms with Crippen LogP contribution in [0.2, 0.25) is 0 Å². The zero-order valence-corrected chi connectivity index (χ0v) is 11.2. The predicted molar refractivity (Wildman–Crippen MR) is 67.5 cm³/mol. The van der Waals surface area contributed by atoms with Crippen molar-refractivity contribution in [2.75, 3.05) is 37.7 Å². The van der Waals surface area contributed by atoms with Gasteiger partial charge in [-0.25, -0.2) is 8.42 Å². The van der Waals surface area contributed by atoms with Gasteiger partial charge in [0.2, 0.25) is 0 Å². The fourth-order valence-electron chi connectivity index (χ4n) is 1.93. The molecule has 5 heteroatoms. The molecule has 1 aliphatic rings. The third kappa shape index (κ3) is 4.39. The van der Waals surface area contributed by atoms with Crippen LogP contribution in [0.25, 0.3) is 0 Å². The van der Waals surface area contributed by atoms with Crippen LogP contribution in [-0.2, 0) is 9.84 Å². The van der Waals surface area contributed by atoms with Crippen molar-refractivity contribution in [3.8, 4) is 0 Å². The molecule has 0 radical (unpaired) electrons. The van der Waals surface area contributed by atoms with Crippen molar-refractivity contribution in [3.05, 3.63) is 0 Å². The molecule has 0 amide bonds. The lowest BCUT2D eigenvalue weighted by atomic mass is 10.1. The first-order valence-corrected chi connectivity index (χ1v) is 8.06. The van der Waals surface area contributed by atoms with Crippen LogP contribution >= 0.6 is 0 Å². The Morgan fingerprint density at radius 1 is 1.25 bits per heavy atom. The number of sulfone groups is 1. The van der Waals surface area contributed by atoms with Gasteiger partial charge in [0.1, 0.15) is 9.84 Å². The Balaban J connectivity index is 2.27. The molecule has 0 spiro atoms. The highest BCUT2D eigenvalue weighted by atomic mass is 32.2. The van der Waals surface area contributed by atoms with Gasteiger partial charge in [-0.2, -0.15) is 0 Å². The summed E-state index contributed by atoms with van der Waals surface area (Å²) in [7, 11) is -2.79. The summed E-state index contributed by atoms with van der Waals surface area (Å²) in [6, 6.07) is 0.629. The Labute approximate surface area is 99.3 Å². The summed E-state index contributed by atoms with van der Waals surface area (Å²) >= 11 is 0. The second-order valence-corrected chi connectivity index (χ2v) is 6.91. The Morgan fingerprint density at radius 2 is 1.94 bits per heavy atom. The molecule has 1 fully saturated rings. The third-order valence-electron chi connectivity index (χ3n) is 3.13. The maximum Gasteiger partial charge on any atom is 0.150 e. The molecule has 1 heterocycles. The molecule has 0 bridgehead atoms. The van der Waals surface area contributed by atoms with Crippen LogP contribution in [0, 0.1) is 0 Å². The zero-order valence-electron chi connectivity index (χ0n) is 10.4. The van der Waals surface area contributed by atoms with E-state index in [1.54, 1.807) is 6.92 Å². The van der Waals surface area contributed by atoms with Crippen LogP contribution < -0.4 is 5.32 Å². The van der Waals surface area contributed by atoms with Gasteiger partial charge in [-0.15, -0.1) is 0 Å². The topological polar surface area (TPSA) is 49.4 Å². The molecule has 96 valence electrons.